The highest BCUT2D eigenvalue weighted by atomic mass is 16.5. The number of aliphatic hydroxyl groups is 1. The smallest absolute Gasteiger partial charge is 0.251 e. The van der Waals surface area contributed by atoms with Crippen molar-refractivity contribution in [2.45, 2.75) is 32.9 Å². The molecule has 7 nitrogen and oxygen atoms in total. The molecular formula is C15H21N3O4. The van der Waals surface area contributed by atoms with E-state index in [4.69, 9.17) is 18.7 Å². The number of rotatable bonds is 5. The van der Waals surface area contributed by atoms with Gasteiger partial charge in [0.05, 0.1) is 24.8 Å². The molecule has 3 rings (SSSR count). The summed E-state index contributed by atoms with van der Waals surface area (Å²) in [7, 11) is 0. The van der Waals surface area contributed by atoms with E-state index in [2.05, 4.69) is 15.1 Å². The second kappa shape index (κ2) is 6.60. The van der Waals surface area contributed by atoms with Crippen molar-refractivity contribution in [1.29, 1.82) is 0 Å². The van der Waals surface area contributed by atoms with Crippen LogP contribution >= 0.6 is 0 Å². The highest BCUT2D eigenvalue weighted by Crippen LogP contribution is 2.25. The zero-order valence-corrected chi connectivity index (χ0v) is 12.9. The van der Waals surface area contributed by atoms with E-state index in [1.165, 1.54) is 0 Å². The Kier molecular flexibility index (Phi) is 4.56. The first-order valence-electron chi connectivity index (χ1n) is 7.50. The lowest BCUT2D eigenvalue weighted by Crippen LogP contribution is -2.42. The Balaban J connectivity index is 1.65. The van der Waals surface area contributed by atoms with E-state index < -0.39 is 0 Å². The van der Waals surface area contributed by atoms with Gasteiger partial charge in [-0.3, -0.25) is 4.90 Å². The molecule has 1 saturated heterocycles. The van der Waals surface area contributed by atoms with Gasteiger partial charge in [0.1, 0.15) is 11.5 Å². The molecule has 1 atom stereocenters. The molecule has 120 valence electrons. The van der Waals surface area contributed by atoms with Gasteiger partial charge < -0.3 is 18.7 Å². The van der Waals surface area contributed by atoms with Crippen molar-refractivity contribution in [2.24, 2.45) is 0 Å². The summed E-state index contributed by atoms with van der Waals surface area (Å²) in [6.07, 6.45) is 0.721. The van der Waals surface area contributed by atoms with Crippen LogP contribution < -0.4 is 0 Å². The van der Waals surface area contributed by atoms with Gasteiger partial charge in [0.25, 0.3) is 5.89 Å². The van der Waals surface area contributed by atoms with Crippen LogP contribution in [-0.4, -0.2) is 52.6 Å². The second-order valence-corrected chi connectivity index (χ2v) is 5.57. The zero-order chi connectivity index (χ0) is 15.5. The maximum atomic E-state index is 9.00. The van der Waals surface area contributed by atoms with Gasteiger partial charge in [-0.15, -0.1) is 10.2 Å². The molecule has 1 aliphatic rings. The van der Waals surface area contributed by atoms with E-state index in [9.17, 15) is 0 Å². The standard InChI is InChI=1S/C15H21N3O4/c1-10-7-13(11(2)21-10)15-17-16-14(22-15)9-18-4-6-20-12(8-18)3-5-19/h7,12,19H,3-6,8-9H2,1-2H3. The summed E-state index contributed by atoms with van der Waals surface area (Å²) in [4.78, 5) is 2.20. The third-order valence-corrected chi connectivity index (χ3v) is 3.77. The van der Waals surface area contributed by atoms with E-state index in [0.717, 1.165) is 30.2 Å². The number of furan rings is 1. The van der Waals surface area contributed by atoms with Gasteiger partial charge >= 0.3 is 0 Å². The molecule has 0 aromatic carbocycles. The lowest BCUT2D eigenvalue weighted by molar-refractivity contribution is -0.0426. The molecule has 1 aliphatic heterocycles. The van der Waals surface area contributed by atoms with Crippen LogP contribution in [0.5, 0.6) is 0 Å². The number of morpholine rings is 1. The van der Waals surface area contributed by atoms with Gasteiger partial charge in [-0.25, -0.2) is 0 Å². The van der Waals surface area contributed by atoms with Crippen molar-refractivity contribution >= 4 is 0 Å². The lowest BCUT2D eigenvalue weighted by Gasteiger charge is -2.31. The Bertz CT molecular complexity index is 620. The van der Waals surface area contributed by atoms with Crippen LogP contribution in [0.4, 0.5) is 0 Å². The van der Waals surface area contributed by atoms with E-state index in [0.29, 0.717) is 31.4 Å². The molecule has 0 amide bonds. The quantitative estimate of drug-likeness (QED) is 0.896. The molecule has 0 saturated carbocycles. The average molecular weight is 307 g/mol. The highest BCUT2D eigenvalue weighted by molar-refractivity contribution is 5.55. The second-order valence-electron chi connectivity index (χ2n) is 5.57. The van der Waals surface area contributed by atoms with Crippen molar-refractivity contribution in [3.05, 3.63) is 23.5 Å². The van der Waals surface area contributed by atoms with Crippen LogP contribution in [-0.2, 0) is 11.3 Å². The van der Waals surface area contributed by atoms with E-state index in [1.54, 1.807) is 0 Å². The fourth-order valence-electron chi connectivity index (χ4n) is 2.70. The van der Waals surface area contributed by atoms with Crippen molar-refractivity contribution in [3.8, 4) is 11.5 Å². The fourth-order valence-corrected chi connectivity index (χ4v) is 2.70. The number of aryl methyl sites for hydroxylation is 2. The van der Waals surface area contributed by atoms with Gasteiger partial charge in [-0.2, -0.15) is 0 Å². The third-order valence-electron chi connectivity index (χ3n) is 3.77. The molecule has 22 heavy (non-hydrogen) atoms. The summed E-state index contributed by atoms with van der Waals surface area (Å²) in [5, 5.41) is 17.2. The number of hydrogen-bond donors (Lipinski definition) is 1. The van der Waals surface area contributed by atoms with Crippen LogP contribution in [0.1, 0.15) is 23.8 Å². The first-order valence-corrected chi connectivity index (χ1v) is 7.50. The highest BCUT2D eigenvalue weighted by Gasteiger charge is 2.22. The van der Waals surface area contributed by atoms with Crippen LogP contribution in [0.15, 0.2) is 14.9 Å². The first-order chi connectivity index (χ1) is 10.7. The number of hydrogen-bond acceptors (Lipinski definition) is 7. The average Bonchev–Trinajstić information content (AvgIpc) is 3.06. The Labute approximate surface area is 128 Å². The zero-order valence-electron chi connectivity index (χ0n) is 12.9. The summed E-state index contributed by atoms with van der Waals surface area (Å²) in [6.45, 7) is 6.75. The Morgan fingerprint density at radius 3 is 2.91 bits per heavy atom. The first kappa shape index (κ1) is 15.2. The SMILES string of the molecule is Cc1cc(-c2nnc(CN3CCOC(CCO)C3)o2)c(C)o1. The number of nitrogens with zero attached hydrogens (tertiary/aromatic N) is 3. The molecular weight excluding hydrogens is 286 g/mol. The molecule has 3 heterocycles. The summed E-state index contributed by atoms with van der Waals surface area (Å²) in [5.41, 5.74) is 0.844. The minimum Gasteiger partial charge on any atom is -0.466 e. The van der Waals surface area contributed by atoms with Gasteiger partial charge in [-0.05, 0) is 26.3 Å². The summed E-state index contributed by atoms with van der Waals surface area (Å²) in [5.74, 6) is 2.68. The topological polar surface area (TPSA) is 84.8 Å². The van der Waals surface area contributed by atoms with Crippen molar-refractivity contribution in [3.63, 3.8) is 0 Å². The van der Waals surface area contributed by atoms with Crippen LogP contribution in [0.3, 0.4) is 0 Å². The van der Waals surface area contributed by atoms with Gasteiger partial charge in [-0.1, -0.05) is 0 Å². The van der Waals surface area contributed by atoms with Gasteiger partial charge in [0.2, 0.25) is 5.89 Å². The van der Waals surface area contributed by atoms with Crippen LogP contribution in [0.2, 0.25) is 0 Å². The van der Waals surface area contributed by atoms with E-state index in [-0.39, 0.29) is 12.7 Å². The monoisotopic (exact) mass is 307 g/mol. The normalized spacial score (nSPS) is 19.7. The van der Waals surface area contributed by atoms with E-state index >= 15 is 0 Å². The molecule has 1 fully saturated rings. The molecule has 0 aliphatic carbocycles. The van der Waals surface area contributed by atoms with Crippen molar-refractivity contribution in [2.75, 3.05) is 26.3 Å². The minimum atomic E-state index is 0.0694. The molecule has 0 radical (unpaired) electrons. The maximum absolute atomic E-state index is 9.00. The molecule has 0 bridgehead atoms. The van der Waals surface area contributed by atoms with Crippen LogP contribution in [0, 0.1) is 13.8 Å². The number of aromatic nitrogens is 2. The van der Waals surface area contributed by atoms with Gasteiger partial charge in [0.15, 0.2) is 0 Å². The predicted octanol–water partition coefficient (Wildman–Crippen LogP) is 1.53. The predicted molar refractivity (Wildman–Crippen MR) is 78.2 cm³/mol. The largest absolute Gasteiger partial charge is 0.466 e. The molecule has 2 aromatic rings. The molecule has 0 spiro atoms. The number of aliphatic hydroxyl groups excluding tert-OH is 1. The molecule has 1 N–H and O–H groups in total. The van der Waals surface area contributed by atoms with Crippen molar-refractivity contribution < 1.29 is 18.7 Å². The number of ether oxygens (including phenoxy) is 1. The Morgan fingerprint density at radius 1 is 1.32 bits per heavy atom. The summed E-state index contributed by atoms with van der Waals surface area (Å²) < 4.78 is 16.8. The summed E-state index contributed by atoms with van der Waals surface area (Å²) in [6, 6.07) is 1.90. The van der Waals surface area contributed by atoms with Crippen LogP contribution in [0.25, 0.3) is 11.5 Å². The Morgan fingerprint density at radius 2 is 2.18 bits per heavy atom. The molecule has 2 aromatic heterocycles. The fraction of sp³-hybridized carbons (Fsp3) is 0.600. The maximum Gasteiger partial charge on any atom is 0.251 e. The van der Waals surface area contributed by atoms with E-state index in [1.807, 2.05) is 19.9 Å². The van der Waals surface area contributed by atoms with Crippen molar-refractivity contribution in [1.82, 2.24) is 15.1 Å². The molecule has 7 heteroatoms. The lowest BCUT2D eigenvalue weighted by atomic mass is 10.2. The summed E-state index contributed by atoms with van der Waals surface area (Å²) >= 11 is 0. The Hall–Kier alpha value is -1.70. The third kappa shape index (κ3) is 3.37. The minimum absolute atomic E-state index is 0.0694. The molecule has 1 unspecified atom stereocenters. The van der Waals surface area contributed by atoms with Gasteiger partial charge in [0, 0.05) is 19.7 Å².